The first kappa shape index (κ1) is 32.7. The summed E-state index contributed by atoms with van der Waals surface area (Å²) in [5.41, 5.74) is 3.50. The number of carbonyl (C=O) groups is 2. The zero-order valence-electron chi connectivity index (χ0n) is 26.3. The number of rotatable bonds is 8. The molecule has 2 amide bonds. The Balaban J connectivity index is 1.51. The maximum Gasteiger partial charge on any atom is 0.407 e. The molecule has 0 aliphatic heterocycles. The van der Waals surface area contributed by atoms with Crippen LogP contribution in [0.1, 0.15) is 67.4 Å². The van der Waals surface area contributed by atoms with Crippen LogP contribution in [-0.4, -0.2) is 57.6 Å². The Morgan fingerprint density at radius 3 is 2.31 bits per heavy atom. The van der Waals surface area contributed by atoms with Crippen LogP contribution >= 0.6 is 22.9 Å². The van der Waals surface area contributed by atoms with Crippen LogP contribution in [0.4, 0.5) is 9.18 Å². The van der Waals surface area contributed by atoms with Crippen LogP contribution in [0.5, 0.6) is 5.75 Å². The number of ether oxygens (including phenoxy) is 1. The Morgan fingerprint density at radius 2 is 1.71 bits per heavy atom. The zero-order chi connectivity index (χ0) is 32.5. The third kappa shape index (κ3) is 7.25. The molecule has 0 bridgehead atoms. The number of carboxylic acid groups (broad SMARTS) is 1. The molecule has 0 atom stereocenters. The molecule has 1 N–H and O–H groups in total. The number of pyridine rings is 1. The summed E-state index contributed by atoms with van der Waals surface area (Å²) in [6, 6.07) is 14.3. The van der Waals surface area contributed by atoms with Gasteiger partial charge in [0.1, 0.15) is 16.4 Å². The highest BCUT2D eigenvalue weighted by Crippen LogP contribution is 2.40. The van der Waals surface area contributed by atoms with Crippen LogP contribution in [0.25, 0.3) is 21.2 Å². The number of thiophene rings is 1. The molecule has 0 unspecified atom stereocenters. The second kappa shape index (κ2) is 13.3. The Kier molecular flexibility index (Phi) is 9.70. The lowest BCUT2D eigenvalue weighted by molar-refractivity contribution is 0.0492. The van der Waals surface area contributed by atoms with Gasteiger partial charge in [0, 0.05) is 52.7 Å². The van der Waals surface area contributed by atoms with E-state index in [-0.39, 0.29) is 40.4 Å². The van der Waals surface area contributed by atoms with Crippen molar-refractivity contribution in [2.75, 3.05) is 13.7 Å². The van der Waals surface area contributed by atoms with Gasteiger partial charge in [-0.3, -0.25) is 9.78 Å². The molecule has 2 aromatic carbocycles. The van der Waals surface area contributed by atoms with Crippen LogP contribution in [0.2, 0.25) is 5.02 Å². The summed E-state index contributed by atoms with van der Waals surface area (Å²) >= 11 is 7.89. The maximum absolute atomic E-state index is 14.8. The third-order valence-electron chi connectivity index (χ3n) is 8.35. The highest BCUT2D eigenvalue weighted by atomic mass is 35.5. The molecule has 238 valence electrons. The predicted molar refractivity (Wildman–Crippen MR) is 178 cm³/mol. The molecule has 1 aliphatic rings. The number of methoxy groups -OCH3 is 1. The molecule has 1 saturated carbocycles. The van der Waals surface area contributed by atoms with E-state index in [1.165, 1.54) is 17.4 Å². The van der Waals surface area contributed by atoms with E-state index in [0.717, 1.165) is 22.4 Å². The summed E-state index contributed by atoms with van der Waals surface area (Å²) in [6.07, 6.45) is 3.33. The van der Waals surface area contributed by atoms with Crippen molar-refractivity contribution in [1.82, 2.24) is 14.8 Å². The summed E-state index contributed by atoms with van der Waals surface area (Å²) in [6.45, 7) is 8.70. The number of hydrogen-bond acceptors (Lipinski definition) is 5. The Hall–Kier alpha value is -3.69. The molecule has 0 radical (unpaired) electrons. The average molecular weight is 652 g/mol. The number of aromatic nitrogens is 1. The lowest BCUT2D eigenvalue weighted by Crippen LogP contribution is -2.49. The second-order valence-electron chi connectivity index (χ2n) is 12.9. The van der Waals surface area contributed by atoms with Gasteiger partial charge in [0.25, 0.3) is 5.91 Å². The first-order valence-corrected chi connectivity index (χ1v) is 16.3. The summed E-state index contributed by atoms with van der Waals surface area (Å²) in [5.74, 6) is -0.0951. The van der Waals surface area contributed by atoms with Gasteiger partial charge in [0.05, 0.1) is 12.1 Å². The monoisotopic (exact) mass is 651 g/mol. The fourth-order valence-electron chi connectivity index (χ4n) is 6.24. The topological polar surface area (TPSA) is 83.0 Å². The number of amides is 2. The zero-order valence-corrected chi connectivity index (χ0v) is 27.8. The molecule has 0 spiro atoms. The lowest BCUT2D eigenvalue weighted by Gasteiger charge is -2.41. The van der Waals surface area contributed by atoms with Crippen molar-refractivity contribution in [2.45, 2.75) is 72.0 Å². The molecular weight excluding hydrogens is 613 g/mol. The number of fused-ring (bicyclic) bond motifs is 1. The van der Waals surface area contributed by atoms with Gasteiger partial charge in [0.2, 0.25) is 0 Å². The van der Waals surface area contributed by atoms with Gasteiger partial charge >= 0.3 is 6.09 Å². The number of halogens is 2. The van der Waals surface area contributed by atoms with Crippen LogP contribution in [0, 0.1) is 18.2 Å². The van der Waals surface area contributed by atoms with Gasteiger partial charge in [-0.1, -0.05) is 44.5 Å². The highest BCUT2D eigenvalue weighted by Gasteiger charge is 2.36. The first-order valence-electron chi connectivity index (χ1n) is 15.1. The summed E-state index contributed by atoms with van der Waals surface area (Å²) in [4.78, 5) is 34.6. The lowest BCUT2D eigenvalue weighted by atomic mass is 9.87. The number of aryl methyl sites for hydroxylation is 1. The molecule has 7 nitrogen and oxygen atoms in total. The van der Waals surface area contributed by atoms with E-state index in [0.29, 0.717) is 47.6 Å². The van der Waals surface area contributed by atoms with E-state index in [1.807, 2.05) is 62.9 Å². The minimum atomic E-state index is -0.923. The Labute approximate surface area is 272 Å². The van der Waals surface area contributed by atoms with E-state index in [9.17, 15) is 19.1 Å². The smallest absolute Gasteiger partial charge is 0.407 e. The van der Waals surface area contributed by atoms with Crippen molar-refractivity contribution in [1.29, 1.82) is 0 Å². The van der Waals surface area contributed by atoms with Crippen LogP contribution in [-0.2, 0) is 6.54 Å². The number of hydrogen-bond donors (Lipinski definition) is 1. The number of nitrogens with zero attached hydrogens (tertiary/aromatic N) is 3. The minimum absolute atomic E-state index is 0.118. The van der Waals surface area contributed by atoms with Gasteiger partial charge < -0.3 is 19.6 Å². The quantitative estimate of drug-likeness (QED) is 0.206. The van der Waals surface area contributed by atoms with Crippen molar-refractivity contribution in [3.63, 3.8) is 0 Å². The summed E-state index contributed by atoms with van der Waals surface area (Å²) in [5, 5.41) is 10.4. The number of benzene rings is 2. The molecular formula is C35H39ClFN3O4S. The SMILES string of the molecule is COc1ccc(-c2ccnc(C)c2)cc1CN(C(=O)c1sc2cccc(F)c2c1Cl)C1CCC(N(CC(C)(C)C)C(=O)O)CC1. The first-order chi connectivity index (χ1) is 21.4. The molecule has 5 rings (SSSR count). The van der Waals surface area contributed by atoms with Crippen molar-refractivity contribution >= 4 is 45.0 Å². The third-order valence-corrected chi connectivity index (χ3v) is 9.98. The number of carbonyl (C=O) groups excluding carboxylic acids is 1. The molecule has 4 aromatic rings. The largest absolute Gasteiger partial charge is 0.496 e. The van der Waals surface area contributed by atoms with E-state index in [4.69, 9.17) is 16.3 Å². The normalized spacial score (nSPS) is 16.9. The van der Waals surface area contributed by atoms with Crippen LogP contribution in [0.15, 0.2) is 54.7 Å². The molecule has 0 saturated heterocycles. The standard InChI is InChI=1S/C35H39ClFN3O4S/c1-21-17-23(15-16-38-21)22-9-14-28(44-5)24(18-22)19-39(33(41)32-31(36)30-27(37)7-6-8-29(30)45-32)25-10-12-26(13-11-25)40(34(42)43)20-35(2,3)4/h6-9,14-18,25-26H,10-13,19-20H2,1-5H3,(H,42,43). The molecule has 2 aromatic heterocycles. The van der Waals surface area contributed by atoms with Gasteiger partial charge in [-0.05, 0) is 85.5 Å². The van der Waals surface area contributed by atoms with Gasteiger partial charge in [-0.2, -0.15) is 0 Å². The van der Waals surface area contributed by atoms with E-state index in [1.54, 1.807) is 30.3 Å². The molecule has 45 heavy (non-hydrogen) atoms. The minimum Gasteiger partial charge on any atom is -0.496 e. The maximum atomic E-state index is 14.8. The van der Waals surface area contributed by atoms with E-state index >= 15 is 0 Å². The molecule has 1 fully saturated rings. The van der Waals surface area contributed by atoms with E-state index < -0.39 is 11.9 Å². The van der Waals surface area contributed by atoms with Gasteiger partial charge in [-0.25, -0.2) is 9.18 Å². The van der Waals surface area contributed by atoms with Crippen LogP contribution in [0.3, 0.4) is 0 Å². The van der Waals surface area contributed by atoms with Crippen molar-refractivity contribution in [3.8, 4) is 16.9 Å². The van der Waals surface area contributed by atoms with E-state index in [2.05, 4.69) is 4.98 Å². The molecule has 1 aliphatic carbocycles. The van der Waals surface area contributed by atoms with Crippen molar-refractivity contribution in [3.05, 3.63) is 81.7 Å². The molecule has 10 heteroatoms. The Bertz CT molecular complexity index is 1710. The van der Waals surface area contributed by atoms with Crippen LogP contribution < -0.4 is 4.74 Å². The summed E-state index contributed by atoms with van der Waals surface area (Å²) in [7, 11) is 1.60. The Morgan fingerprint density at radius 1 is 1.04 bits per heavy atom. The second-order valence-corrected chi connectivity index (χ2v) is 14.4. The van der Waals surface area contributed by atoms with Gasteiger partial charge in [0.15, 0.2) is 0 Å². The summed E-state index contributed by atoms with van der Waals surface area (Å²) < 4.78 is 21.1. The predicted octanol–water partition coefficient (Wildman–Crippen LogP) is 9.05. The van der Waals surface area contributed by atoms with Crippen molar-refractivity contribution in [2.24, 2.45) is 5.41 Å². The fourth-order valence-corrected chi connectivity index (χ4v) is 7.75. The molecule has 2 heterocycles. The average Bonchev–Trinajstić information content (AvgIpc) is 3.35. The van der Waals surface area contributed by atoms with Crippen molar-refractivity contribution < 1.29 is 23.8 Å². The van der Waals surface area contributed by atoms with Gasteiger partial charge in [-0.15, -0.1) is 11.3 Å². The fraction of sp³-hybridized carbons (Fsp3) is 0.400. The highest BCUT2D eigenvalue weighted by molar-refractivity contribution is 7.21.